The van der Waals surface area contributed by atoms with E-state index in [1.54, 1.807) is 44.1 Å². The number of hydrogen-bond donors (Lipinski definition) is 0. The summed E-state index contributed by atoms with van der Waals surface area (Å²) < 4.78 is 10.3. The molecule has 6 nitrogen and oxygen atoms in total. The summed E-state index contributed by atoms with van der Waals surface area (Å²) in [6.45, 7) is 5.02. The Labute approximate surface area is 140 Å². The molecule has 23 heavy (non-hydrogen) atoms. The quantitative estimate of drug-likeness (QED) is 0.767. The lowest BCUT2D eigenvalue weighted by atomic mass is 10.1. The van der Waals surface area contributed by atoms with Crippen molar-refractivity contribution in [1.82, 2.24) is 4.90 Å². The molecule has 1 aliphatic rings. The van der Waals surface area contributed by atoms with Gasteiger partial charge in [0.05, 0.1) is 32.0 Å². The van der Waals surface area contributed by atoms with Gasteiger partial charge >= 0.3 is 5.97 Å². The van der Waals surface area contributed by atoms with Gasteiger partial charge in [0.1, 0.15) is 5.75 Å². The number of methoxy groups -OCH3 is 1. The average Bonchev–Trinajstić information content (AvgIpc) is 2.52. The molecule has 0 aliphatic carbocycles. The van der Waals surface area contributed by atoms with Gasteiger partial charge in [0, 0.05) is 18.1 Å². The number of benzene rings is 1. The summed E-state index contributed by atoms with van der Waals surface area (Å²) in [4.78, 5) is 27.8. The fraction of sp³-hybridized carbons (Fsp3) is 0.500. The molecule has 1 aliphatic heterocycles. The molecule has 1 saturated heterocycles. The highest BCUT2D eigenvalue weighted by molar-refractivity contribution is 6.31. The molecule has 126 valence electrons. The van der Waals surface area contributed by atoms with Crippen LogP contribution < -0.4 is 9.64 Å². The van der Waals surface area contributed by atoms with Crippen LogP contribution in [0.15, 0.2) is 18.2 Å². The van der Waals surface area contributed by atoms with Gasteiger partial charge in [-0.15, -0.1) is 0 Å². The number of anilines is 1. The van der Waals surface area contributed by atoms with E-state index >= 15 is 0 Å². The molecule has 0 N–H and O–H groups in total. The van der Waals surface area contributed by atoms with Crippen LogP contribution in [0.25, 0.3) is 0 Å². The first-order chi connectivity index (χ1) is 11.0. The molecule has 1 atom stereocenters. The van der Waals surface area contributed by atoms with Gasteiger partial charge in [-0.1, -0.05) is 11.6 Å². The SMILES string of the molecule is CCOC(=O)CN1CCN(c2cc(Cl)ccc2OC)C(=O)C1C. The summed E-state index contributed by atoms with van der Waals surface area (Å²) in [5.74, 6) is 0.177. The third-order valence-corrected chi connectivity index (χ3v) is 4.09. The largest absolute Gasteiger partial charge is 0.495 e. The number of piperazine rings is 1. The minimum absolute atomic E-state index is 0.0962. The number of amides is 1. The first-order valence-corrected chi connectivity index (χ1v) is 7.90. The Hall–Kier alpha value is -1.79. The normalized spacial score (nSPS) is 18.9. The lowest BCUT2D eigenvalue weighted by Gasteiger charge is -2.38. The first kappa shape index (κ1) is 17.6. The van der Waals surface area contributed by atoms with Crippen LogP contribution in [0.1, 0.15) is 13.8 Å². The van der Waals surface area contributed by atoms with Crippen LogP contribution in [0.5, 0.6) is 5.75 Å². The molecule has 0 spiro atoms. The van der Waals surface area contributed by atoms with Crippen LogP contribution in [-0.4, -0.2) is 56.2 Å². The van der Waals surface area contributed by atoms with Crippen LogP contribution >= 0.6 is 11.6 Å². The molecule has 0 saturated carbocycles. The summed E-state index contributed by atoms with van der Waals surface area (Å²) in [5, 5.41) is 0.537. The summed E-state index contributed by atoms with van der Waals surface area (Å²) in [6.07, 6.45) is 0. The number of rotatable bonds is 5. The number of carbonyl (C=O) groups is 2. The summed E-state index contributed by atoms with van der Waals surface area (Å²) >= 11 is 6.04. The molecule has 1 aromatic rings. The van der Waals surface area contributed by atoms with Crippen molar-refractivity contribution in [3.05, 3.63) is 23.2 Å². The molecule has 0 radical (unpaired) electrons. The number of carbonyl (C=O) groups excluding carboxylic acids is 2. The van der Waals surface area contributed by atoms with E-state index in [9.17, 15) is 9.59 Å². The van der Waals surface area contributed by atoms with E-state index in [1.165, 1.54) is 0 Å². The second-order valence-corrected chi connectivity index (χ2v) is 5.69. The predicted octanol–water partition coefficient (Wildman–Crippen LogP) is 1.95. The highest BCUT2D eigenvalue weighted by Crippen LogP contribution is 2.33. The van der Waals surface area contributed by atoms with Gasteiger partial charge in [-0.05, 0) is 32.0 Å². The topological polar surface area (TPSA) is 59.1 Å². The van der Waals surface area contributed by atoms with E-state index in [4.69, 9.17) is 21.1 Å². The maximum absolute atomic E-state index is 12.7. The predicted molar refractivity (Wildman–Crippen MR) is 88.0 cm³/mol. The minimum atomic E-state index is -0.420. The number of nitrogens with zero attached hydrogens (tertiary/aromatic N) is 2. The van der Waals surface area contributed by atoms with E-state index in [1.807, 2.05) is 4.90 Å². The zero-order valence-corrected chi connectivity index (χ0v) is 14.3. The van der Waals surface area contributed by atoms with Crippen molar-refractivity contribution in [3.8, 4) is 5.75 Å². The van der Waals surface area contributed by atoms with Crippen LogP contribution in [-0.2, 0) is 14.3 Å². The Morgan fingerprint density at radius 2 is 2.13 bits per heavy atom. The van der Waals surface area contributed by atoms with Crippen molar-refractivity contribution < 1.29 is 19.1 Å². The van der Waals surface area contributed by atoms with Gasteiger partial charge < -0.3 is 14.4 Å². The van der Waals surface area contributed by atoms with Crippen molar-refractivity contribution in [3.63, 3.8) is 0 Å². The monoisotopic (exact) mass is 340 g/mol. The van der Waals surface area contributed by atoms with Crippen molar-refractivity contribution in [1.29, 1.82) is 0 Å². The van der Waals surface area contributed by atoms with Crippen LogP contribution in [0.3, 0.4) is 0 Å². The van der Waals surface area contributed by atoms with Gasteiger partial charge in [-0.25, -0.2) is 0 Å². The van der Waals surface area contributed by atoms with E-state index in [0.717, 1.165) is 0 Å². The van der Waals surface area contributed by atoms with Gasteiger partial charge in [-0.3, -0.25) is 14.5 Å². The fourth-order valence-corrected chi connectivity index (χ4v) is 2.78. The van der Waals surface area contributed by atoms with E-state index in [-0.39, 0.29) is 18.4 Å². The maximum Gasteiger partial charge on any atom is 0.320 e. The van der Waals surface area contributed by atoms with Gasteiger partial charge in [0.25, 0.3) is 0 Å². The zero-order chi connectivity index (χ0) is 17.0. The molecule has 0 bridgehead atoms. The molecule has 1 amide bonds. The molecule has 1 heterocycles. The summed E-state index contributed by atoms with van der Waals surface area (Å²) in [5.41, 5.74) is 0.646. The van der Waals surface area contributed by atoms with Crippen LogP contribution in [0.4, 0.5) is 5.69 Å². The summed E-state index contributed by atoms with van der Waals surface area (Å²) in [6, 6.07) is 4.75. The lowest BCUT2D eigenvalue weighted by molar-refractivity contribution is -0.145. The second kappa shape index (κ2) is 7.66. The van der Waals surface area contributed by atoms with E-state index in [2.05, 4.69) is 0 Å². The number of hydrogen-bond acceptors (Lipinski definition) is 5. The van der Waals surface area contributed by atoms with Gasteiger partial charge in [0.2, 0.25) is 5.91 Å². The Bertz CT molecular complexity index is 593. The van der Waals surface area contributed by atoms with Crippen molar-refractivity contribution in [2.24, 2.45) is 0 Å². The molecular formula is C16H21ClN2O4. The maximum atomic E-state index is 12.7. The number of halogens is 1. The van der Waals surface area contributed by atoms with Gasteiger partial charge in [-0.2, -0.15) is 0 Å². The first-order valence-electron chi connectivity index (χ1n) is 7.52. The van der Waals surface area contributed by atoms with Crippen LogP contribution in [0.2, 0.25) is 5.02 Å². The smallest absolute Gasteiger partial charge is 0.320 e. The number of ether oxygens (including phenoxy) is 2. The van der Waals surface area contributed by atoms with E-state index < -0.39 is 6.04 Å². The van der Waals surface area contributed by atoms with Crippen LogP contribution in [0, 0.1) is 0 Å². The fourth-order valence-electron chi connectivity index (χ4n) is 2.62. The number of esters is 1. The van der Waals surface area contributed by atoms with E-state index in [0.29, 0.717) is 36.2 Å². The van der Waals surface area contributed by atoms with Crippen molar-refractivity contribution in [2.75, 3.05) is 38.3 Å². The molecule has 2 rings (SSSR count). The highest BCUT2D eigenvalue weighted by Gasteiger charge is 2.34. The van der Waals surface area contributed by atoms with Gasteiger partial charge in [0.15, 0.2) is 0 Å². The third kappa shape index (κ3) is 3.95. The molecule has 7 heteroatoms. The Kier molecular flexibility index (Phi) is 5.85. The minimum Gasteiger partial charge on any atom is -0.495 e. The van der Waals surface area contributed by atoms with Crippen molar-refractivity contribution >= 4 is 29.2 Å². The summed E-state index contributed by atoms with van der Waals surface area (Å²) in [7, 11) is 1.55. The Balaban J connectivity index is 2.15. The molecule has 1 fully saturated rings. The second-order valence-electron chi connectivity index (χ2n) is 5.26. The standard InChI is InChI=1S/C16H21ClN2O4/c1-4-23-15(20)10-18-7-8-19(16(21)11(18)2)13-9-12(17)5-6-14(13)22-3/h5-6,9,11H,4,7-8,10H2,1-3H3. The third-order valence-electron chi connectivity index (χ3n) is 3.85. The molecule has 0 aromatic heterocycles. The molecule has 1 aromatic carbocycles. The Morgan fingerprint density at radius 3 is 2.78 bits per heavy atom. The highest BCUT2D eigenvalue weighted by atomic mass is 35.5. The lowest BCUT2D eigenvalue weighted by Crippen LogP contribution is -2.57. The molecule has 1 unspecified atom stereocenters. The molecular weight excluding hydrogens is 320 g/mol. The Morgan fingerprint density at radius 1 is 1.39 bits per heavy atom. The zero-order valence-electron chi connectivity index (χ0n) is 13.5. The average molecular weight is 341 g/mol. The van der Waals surface area contributed by atoms with Crippen molar-refractivity contribution in [2.45, 2.75) is 19.9 Å².